The molecule has 1 unspecified atom stereocenters. The van der Waals surface area contributed by atoms with Crippen molar-refractivity contribution >= 4 is 17.5 Å². The first-order valence-corrected chi connectivity index (χ1v) is 6.63. The molecule has 2 rings (SSSR count). The Labute approximate surface area is 117 Å². The van der Waals surface area contributed by atoms with Crippen LogP contribution in [0, 0.1) is 0 Å². The van der Waals surface area contributed by atoms with Crippen molar-refractivity contribution in [3.8, 4) is 5.75 Å². The largest absolute Gasteiger partial charge is 0.482 e. The summed E-state index contributed by atoms with van der Waals surface area (Å²) < 4.78 is 5.25. The average Bonchev–Trinajstić information content (AvgIpc) is 2.44. The van der Waals surface area contributed by atoms with Crippen molar-refractivity contribution in [2.24, 2.45) is 0 Å². The second kappa shape index (κ2) is 6.38. The van der Waals surface area contributed by atoms with Gasteiger partial charge < -0.3 is 20.5 Å². The lowest BCUT2D eigenvalue weighted by molar-refractivity contribution is -0.118. The zero-order valence-electron chi connectivity index (χ0n) is 11.3. The van der Waals surface area contributed by atoms with Gasteiger partial charge in [-0.15, -0.1) is 0 Å². The quantitative estimate of drug-likeness (QED) is 0.747. The highest BCUT2D eigenvalue weighted by Gasteiger charge is 2.18. The normalized spacial score (nSPS) is 14.8. The first-order chi connectivity index (χ1) is 9.60. The second-order valence-corrected chi connectivity index (χ2v) is 4.70. The van der Waals surface area contributed by atoms with E-state index in [2.05, 4.69) is 10.6 Å². The summed E-state index contributed by atoms with van der Waals surface area (Å²) in [5.41, 5.74) is 0.993. The molecule has 0 fully saturated rings. The molecule has 1 aliphatic rings. The first-order valence-electron chi connectivity index (χ1n) is 6.63. The predicted octanol–water partition coefficient (Wildman–Crippen LogP) is 0.908. The fourth-order valence-corrected chi connectivity index (χ4v) is 1.96. The summed E-state index contributed by atoms with van der Waals surface area (Å²) in [6, 6.07) is 4.81. The maximum Gasteiger partial charge on any atom is 0.262 e. The lowest BCUT2D eigenvalue weighted by atomic mass is 10.1. The number of ether oxygens (including phenoxy) is 1. The van der Waals surface area contributed by atoms with E-state index in [0.717, 1.165) is 6.42 Å². The van der Waals surface area contributed by atoms with E-state index in [1.165, 1.54) is 0 Å². The Bertz CT molecular complexity index is 516. The summed E-state index contributed by atoms with van der Waals surface area (Å²) in [6.07, 6.45) is 0.986. The molecule has 20 heavy (non-hydrogen) atoms. The predicted molar refractivity (Wildman–Crippen MR) is 73.8 cm³/mol. The van der Waals surface area contributed by atoms with Crippen molar-refractivity contribution in [3.63, 3.8) is 0 Å². The molecule has 0 radical (unpaired) electrons. The average molecular weight is 278 g/mol. The summed E-state index contributed by atoms with van der Waals surface area (Å²) in [4.78, 5) is 23.1. The van der Waals surface area contributed by atoms with Crippen LogP contribution in [0.2, 0.25) is 0 Å². The number of aliphatic hydroxyl groups is 1. The molecular weight excluding hydrogens is 260 g/mol. The number of hydrogen-bond acceptors (Lipinski definition) is 4. The van der Waals surface area contributed by atoms with Gasteiger partial charge in [0.05, 0.1) is 11.8 Å². The van der Waals surface area contributed by atoms with Crippen LogP contribution in [-0.4, -0.2) is 36.2 Å². The maximum absolute atomic E-state index is 11.9. The molecule has 1 aromatic carbocycles. The third kappa shape index (κ3) is 3.48. The van der Waals surface area contributed by atoms with E-state index >= 15 is 0 Å². The fourth-order valence-electron chi connectivity index (χ4n) is 1.96. The molecule has 1 heterocycles. The molecule has 1 aliphatic heterocycles. The molecule has 0 aliphatic carbocycles. The Balaban J connectivity index is 1.99. The van der Waals surface area contributed by atoms with Gasteiger partial charge in [-0.3, -0.25) is 9.59 Å². The minimum Gasteiger partial charge on any atom is -0.482 e. The standard InChI is InChI=1S/C14H18N2O4/c1-2-3-10(17)7-15-14(19)9-4-5-11-12(6-9)20-8-13(18)16-11/h4-6,10,17H,2-3,7-8H2,1H3,(H,15,19)(H,16,18). The van der Waals surface area contributed by atoms with E-state index in [0.29, 0.717) is 23.4 Å². The van der Waals surface area contributed by atoms with Gasteiger partial charge in [-0.1, -0.05) is 13.3 Å². The molecule has 2 amide bonds. The molecule has 0 spiro atoms. The summed E-state index contributed by atoms with van der Waals surface area (Å²) in [7, 11) is 0. The summed E-state index contributed by atoms with van der Waals surface area (Å²) >= 11 is 0. The molecule has 3 N–H and O–H groups in total. The van der Waals surface area contributed by atoms with Gasteiger partial charge in [0, 0.05) is 12.1 Å². The van der Waals surface area contributed by atoms with Crippen LogP contribution in [0.3, 0.4) is 0 Å². The lowest BCUT2D eigenvalue weighted by Crippen LogP contribution is -2.32. The zero-order valence-corrected chi connectivity index (χ0v) is 11.3. The number of nitrogens with one attached hydrogen (secondary N) is 2. The van der Waals surface area contributed by atoms with Crippen LogP contribution in [0.15, 0.2) is 18.2 Å². The van der Waals surface area contributed by atoms with Gasteiger partial charge in [-0.2, -0.15) is 0 Å². The molecule has 0 saturated carbocycles. The Hall–Kier alpha value is -2.08. The van der Waals surface area contributed by atoms with Crippen LogP contribution in [0.5, 0.6) is 5.75 Å². The van der Waals surface area contributed by atoms with E-state index < -0.39 is 6.10 Å². The van der Waals surface area contributed by atoms with Crippen molar-refractivity contribution < 1.29 is 19.4 Å². The number of anilines is 1. The van der Waals surface area contributed by atoms with Crippen LogP contribution in [0.1, 0.15) is 30.1 Å². The first kappa shape index (κ1) is 14.3. The number of hydrogen-bond donors (Lipinski definition) is 3. The number of fused-ring (bicyclic) bond motifs is 1. The SMILES string of the molecule is CCCC(O)CNC(=O)c1ccc2c(c1)OCC(=O)N2. The van der Waals surface area contributed by atoms with E-state index in [-0.39, 0.29) is 25.0 Å². The highest BCUT2D eigenvalue weighted by atomic mass is 16.5. The van der Waals surface area contributed by atoms with Gasteiger partial charge >= 0.3 is 0 Å². The van der Waals surface area contributed by atoms with Crippen molar-refractivity contribution in [2.75, 3.05) is 18.5 Å². The Morgan fingerprint density at radius 3 is 3.10 bits per heavy atom. The topological polar surface area (TPSA) is 87.7 Å². The Morgan fingerprint density at radius 1 is 1.55 bits per heavy atom. The van der Waals surface area contributed by atoms with Crippen LogP contribution in [-0.2, 0) is 4.79 Å². The number of aliphatic hydroxyl groups excluding tert-OH is 1. The van der Waals surface area contributed by atoms with Gasteiger partial charge in [-0.05, 0) is 24.6 Å². The molecule has 108 valence electrons. The number of rotatable bonds is 5. The minimum atomic E-state index is -0.530. The molecular formula is C14H18N2O4. The second-order valence-electron chi connectivity index (χ2n) is 4.70. The molecule has 1 aromatic rings. The highest BCUT2D eigenvalue weighted by Crippen LogP contribution is 2.28. The van der Waals surface area contributed by atoms with Gasteiger partial charge in [0.2, 0.25) is 0 Å². The summed E-state index contributed by atoms with van der Waals surface area (Å²) in [5.74, 6) is -0.00722. The molecule has 0 aromatic heterocycles. The number of amides is 2. The minimum absolute atomic E-state index is 0.0483. The van der Waals surface area contributed by atoms with Crippen LogP contribution >= 0.6 is 0 Å². The van der Waals surface area contributed by atoms with Crippen molar-refractivity contribution in [3.05, 3.63) is 23.8 Å². The van der Waals surface area contributed by atoms with Crippen LogP contribution < -0.4 is 15.4 Å². The number of carbonyl (C=O) groups excluding carboxylic acids is 2. The maximum atomic E-state index is 11.9. The van der Waals surface area contributed by atoms with E-state index in [1.54, 1.807) is 18.2 Å². The van der Waals surface area contributed by atoms with Crippen molar-refractivity contribution in [1.29, 1.82) is 0 Å². The fraction of sp³-hybridized carbons (Fsp3) is 0.429. The van der Waals surface area contributed by atoms with Crippen LogP contribution in [0.4, 0.5) is 5.69 Å². The molecule has 0 saturated heterocycles. The van der Waals surface area contributed by atoms with E-state index in [4.69, 9.17) is 4.74 Å². The number of carbonyl (C=O) groups is 2. The van der Waals surface area contributed by atoms with Gasteiger partial charge in [0.1, 0.15) is 5.75 Å². The highest BCUT2D eigenvalue weighted by molar-refractivity contribution is 5.98. The molecule has 0 bridgehead atoms. The summed E-state index contributed by atoms with van der Waals surface area (Å²) in [5, 5.41) is 14.9. The van der Waals surface area contributed by atoms with Crippen molar-refractivity contribution in [2.45, 2.75) is 25.9 Å². The Kier molecular flexibility index (Phi) is 4.57. The third-order valence-electron chi connectivity index (χ3n) is 3.00. The van der Waals surface area contributed by atoms with Crippen LogP contribution in [0.25, 0.3) is 0 Å². The van der Waals surface area contributed by atoms with Gasteiger partial charge in [0.15, 0.2) is 6.61 Å². The molecule has 1 atom stereocenters. The Morgan fingerprint density at radius 2 is 2.35 bits per heavy atom. The van der Waals surface area contributed by atoms with E-state index in [1.807, 2.05) is 6.92 Å². The van der Waals surface area contributed by atoms with Gasteiger partial charge in [-0.25, -0.2) is 0 Å². The summed E-state index contributed by atoms with van der Waals surface area (Å²) in [6.45, 7) is 2.15. The van der Waals surface area contributed by atoms with Crippen molar-refractivity contribution in [1.82, 2.24) is 5.32 Å². The number of benzene rings is 1. The lowest BCUT2D eigenvalue weighted by Gasteiger charge is -2.18. The zero-order chi connectivity index (χ0) is 14.5. The third-order valence-corrected chi connectivity index (χ3v) is 3.00. The molecule has 6 heteroatoms. The van der Waals surface area contributed by atoms with Gasteiger partial charge in [0.25, 0.3) is 11.8 Å². The molecule has 6 nitrogen and oxygen atoms in total. The monoisotopic (exact) mass is 278 g/mol. The van der Waals surface area contributed by atoms with E-state index in [9.17, 15) is 14.7 Å². The smallest absolute Gasteiger partial charge is 0.262 e.